The minimum atomic E-state index is -0.166. The molecule has 1 aromatic carbocycles. The minimum Gasteiger partial charge on any atom is -0.494 e. The number of pyridine rings is 1. The molecular formula is C16H19N3O2. The first-order valence-corrected chi connectivity index (χ1v) is 6.83. The summed E-state index contributed by atoms with van der Waals surface area (Å²) in [5, 5.41) is 5.80. The van der Waals surface area contributed by atoms with Gasteiger partial charge in [-0.15, -0.1) is 0 Å². The molecule has 0 bridgehead atoms. The van der Waals surface area contributed by atoms with Crippen LogP contribution >= 0.6 is 0 Å². The van der Waals surface area contributed by atoms with E-state index in [1.54, 1.807) is 19.2 Å². The number of aromatic nitrogens is 1. The predicted octanol–water partition coefficient (Wildman–Crippen LogP) is 3.08. The topological polar surface area (TPSA) is 63.2 Å². The highest BCUT2D eigenvalue weighted by atomic mass is 16.5. The molecule has 1 aromatic heterocycles. The third kappa shape index (κ3) is 3.95. The van der Waals surface area contributed by atoms with E-state index >= 15 is 0 Å². The molecule has 0 saturated carbocycles. The number of nitrogens with one attached hydrogen (secondary N) is 2. The molecule has 0 aliphatic heterocycles. The molecule has 5 heteroatoms. The van der Waals surface area contributed by atoms with Crippen LogP contribution in [0.25, 0.3) is 0 Å². The molecule has 0 aliphatic rings. The highest BCUT2D eigenvalue weighted by Crippen LogP contribution is 2.17. The molecular weight excluding hydrogens is 266 g/mol. The second-order valence-corrected chi connectivity index (χ2v) is 4.54. The van der Waals surface area contributed by atoms with Crippen molar-refractivity contribution in [3.63, 3.8) is 0 Å². The van der Waals surface area contributed by atoms with Crippen LogP contribution in [0.15, 0.2) is 36.4 Å². The fraction of sp³-hybridized carbons (Fsp3) is 0.250. The van der Waals surface area contributed by atoms with Crippen LogP contribution in [0, 0.1) is 6.92 Å². The summed E-state index contributed by atoms with van der Waals surface area (Å²) in [4.78, 5) is 16.5. The van der Waals surface area contributed by atoms with E-state index in [1.807, 2.05) is 38.1 Å². The summed E-state index contributed by atoms with van der Waals surface area (Å²) in [6.07, 6.45) is 0. The van der Waals surface area contributed by atoms with Gasteiger partial charge in [0.1, 0.15) is 11.6 Å². The standard InChI is InChI=1S/C16H19N3O2/c1-4-21-14-7-5-13(6-8-14)19-16(20)12-9-11(2)18-15(10-12)17-3/h5-10H,4H2,1-3H3,(H,17,18)(H,19,20). The molecule has 5 nitrogen and oxygen atoms in total. The normalized spacial score (nSPS) is 10.0. The Bertz CT molecular complexity index is 624. The number of anilines is 2. The molecule has 1 amide bonds. The van der Waals surface area contributed by atoms with E-state index in [4.69, 9.17) is 4.74 Å². The third-order valence-electron chi connectivity index (χ3n) is 2.89. The first-order valence-electron chi connectivity index (χ1n) is 6.83. The van der Waals surface area contributed by atoms with E-state index in [-0.39, 0.29) is 5.91 Å². The Morgan fingerprint density at radius 2 is 1.95 bits per heavy atom. The first kappa shape index (κ1) is 14.8. The monoisotopic (exact) mass is 285 g/mol. The average Bonchev–Trinajstić information content (AvgIpc) is 2.48. The van der Waals surface area contributed by atoms with Crippen LogP contribution in [0.3, 0.4) is 0 Å². The lowest BCUT2D eigenvalue weighted by Gasteiger charge is -2.09. The van der Waals surface area contributed by atoms with Gasteiger partial charge in [0.05, 0.1) is 6.61 Å². The summed E-state index contributed by atoms with van der Waals surface area (Å²) in [6, 6.07) is 10.8. The first-order chi connectivity index (χ1) is 10.1. The number of carbonyl (C=O) groups excluding carboxylic acids is 1. The summed E-state index contributed by atoms with van der Waals surface area (Å²) in [5.41, 5.74) is 2.09. The lowest BCUT2D eigenvalue weighted by atomic mass is 10.2. The van der Waals surface area contributed by atoms with Crippen molar-refractivity contribution in [2.45, 2.75) is 13.8 Å². The number of rotatable bonds is 5. The quantitative estimate of drug-likeness (QED) is 0.886. The molecule has 21 heavy (non-hydrogen) atoms. The molecule has 1 heterocycles. The fourth-order valence-corrected chi connectivity index (χ4v) is 1.93. The van der Waals surface area contributed by atoms with Crippen LogP contribution in [-0.2, 0) is 0 Å². The van der Waals surface area contributed by atoms with Crippen LogP contribution in [-0.4, -0.2) is 24.5 Å². The van der Waals surface area contributed by atoms with E-state index in [0.29, 0.717) is 18.0 Å². The lowest BCUT2D eigenvalue weighted by molar-refractivity contribution is 0.102. The van der Waals surface area contributed by atoms with Crippen molar-refractivity contribution in [3.05, 3.63) is 47.7 Å². The van der Waals surface area contributed by atoms with Gasteiger partial charge in [-0.05, 0) is 50.2 Å². The van der Waals surface area contributed by atoms with Crippen molar-refractivity contribution < 1.29 is 9.53 Å². The Hall–Kier alpha value is -2.56. The Labute approximate surface area is 124 Å². The molecule has 0 fully saturated rings. The highest BCUT2D eigenvalue weighted by Gasteiger charge is 2.08. The summed E-state index contributed by atoms with van der Waals surface area (Å²) >= 11 is 0. The van der Waals surface area contributed by atoms with Crippen molar-refractivity contribution in [2.75, 3.05) is 24.3 Å². The molecule has 0 atom stereocenters. The molecule has 0 spiro atoms. The van der Waals surface area contributed by atoms with Crippen molar-refractivity contribution >= 4 is 17.4 Å². The third-order valence-corrected chi connectivity index (χ3v) is 2.89. The molecule has 2 aromatic rings. The van der Waals surface area contributed by atoms with E-state index in [9.17, 15) is 4.79 Å². The average molecular weight is 285 g/mol. The van der Waals surface area contributed by atoms with Gasteiger partial charge in [0, 0.05) is 24.0 Å². The minimum absolute atomic E-state index is 0.166. The van der Waals surface area contributed by atoms with E-state index < -0.39 is 0 Å². The van der Waals surface area contributed by atoms with Gasteiger partial charge >= 0.3 is 0 Å². The Morgan fingerprint density at radius 1 is 1.24 bits per heavy atom. The van der Waals surface area contributed by atoms with Gasteiger partial charge in [0.15, 0.2) is 0 Å². The molecule has 0 saturated heterocycles. The second-order valence-electron chi connectivity index (χ2n) is 4.54. The smallest absolute Gasteiger partial charge is 0.255 e. The van der Waals surface area contributed by atoms with Crippen LogP contribution in [0.4, 0.5) is 11.5 Å². The maximum absolute atomic E-state index is 12.2. The molecule has 0 radical (unpaired) electrons. The van der Waals surface area contributed by atoms with Crippen LogP contribution < -0.4 is 15.4 Å². The summed E-state index contributed by atoms with van der Waals surface area (Å²) in [5.74, 6) is 1.29. The van der Waals surface area contributed by atoms with Crippen molar-refractivity contribution in [1.29, 1.82) is 0 Å². The van der Waals surface area contributed by atoms with E-state index in [1.165, 1.54) is 0 Å². The number of aryl methyl sites for hydroxylation is 1. The van der Waals surface area contributed by atoms with E-state index in [2.05, 4.69) is 15.6 Å². The van der Waals surface area contributed by atoms with Gasteiger partial charge in [-0.3, -0.25) is 4.79 Å². The SMILES string of the molecule is CCOc1ccc(NC(=O)c2cc(C)nc(NC)c2)cc1. The molecule has 0 aliphatic carbocycles. The zero-order chi connectivity index (χ0) is 15.2. The Balaban J connectivity index is 2.12. The van der Waals surface area contributed by atoms with Crippen LogP contribution in [0.1, 0.15) is 23.0 Å². The number of nitrogens with zero attached hydrogens (tertiary/aromatic N) is 1. The van der Waals surface area contributed by atoms with Crippen molar-refractivity contribution in [1.82, 2.24) is 4.98 Å². The number of benzene rings is 1. The molecule has 110 valence electrons. The summed E-state index contributed by atoms with van der Waals surface area (Å²) in [6.45, 7) is 4.41. The van der Waals surface area contributed by atoms with Gasteiger partial charge in [0.2, 0.25) is 0 Å². The zero-order valence-electron chi connectivity index (χ0n) is 12.4. The number of ether oxygens (including phenoxy) is 1. The largest absolute Gasteiger partial charge is 0.494 e. The van der Waals surface area contributed by atoms with Crippen LogP contribution in [0.5, 0.6) is 5.75 Å². The predicted molar refractivity (Wildman–Crippen MR) is 84.1 cm³/mol. The van der Waals surface area contributed by atoms with Crippen molar-refractivity contribution in [2.24, 2.45) is 0 Å². The zero-order valence-corrected chi connectivity index (χ0v) is 12.4. The maximum atomic E-state index is 12.2. The number of hydrogen-bond donors (Lipinski definition) is 2. The van der Waals surface area contributed by atoms with Gasteiger partial charge in [-0.25, -0.2) is 4.98 Å². The second kappa shape index (κ2) is 6.74. The number of carbonyl (C=O) groups is 1. The number of hydrogen-bond acceptors (Lipinski definition) is 4. The van der Waals surface area contributed by atoms with Gasteiger partial charge in [0.25, 0.3) is 5.91 Å². The Morgan fingerprint density at radius 3 is 2.57 bits per heavy atom. The lowest BCUT2D eigenvalue weighted by Crippen LogP contribution is -2.13. The highest BCUT2D eigenvalue weighted by molar-refractivity contribution is 6.04. The Kier molecular flexibility index (Phi) is 4.77. The van der Waals surface area contributed by atoms with Crippen molar-refractivity contribution in [3.8, 4) is 5.75 Å². The molecule has 0 unspecified atom stereocenters. The van der Waals surface area contributed by atoms with Gasteiger partial charge < -0.3 is 15.4 Å². The molecule has 2 N–H and O–H groups in total. The van der Waals surface area contributed by atoms with Crippen LogP contribution in [0.2, 0.25) is 0 Å². The maximum Gasteiger partial charge on any atom is 0.255 e. The summed E-state index contributed by atoms with van der Waals surface area (Å²) < 4.78 is 5.37. The van der Waals surface area contributed by atoms with Gasteiger partial charge in [-0.1, -0.05) is 0 Å². The van der Waals surface area contributed by atoms with E-state index in [0.717, 1.165) is 17.1 Å². The van der Waals surface area contributed by atoms with Gasteiger partial charge in [-0.2, -0.15) is 0 Å². The number of amides is 1. The summed E-state index contributed by atoms with van der Waals surface area (Å²) in [7, 11) is 1.77. The molecule has 2 rings (SSSR count). The fourth-order valence-electron chi connectivity index (χ4n) is 1.93.